The van der Waals surface area contributed by atoms with E-state index in [2.05, 4.69) is 20.3 Å². The summed E-state index contributed by atoms with van der Waals surface area (Å²) in [5.41, 5.74) is -0.0607. The molecule has 1 atom stereocenters. The quantitative estimate of drug-likeness (QED) is 0.610. The molecule has 1 saturated heterocycles. The lowest BCUT2D eigenvalue weighted by Gasteiger charge is -2.31. The van der Waals surface area contributed by atoms with Crippen molar-refractivity contribution in [1.82, 2.24) is 24.8 Å². The highest BCUT2D eigenvalue weighted by Crippen LogP contribution is 2.20. The monoisotopic (exact) mass is 394 g/mol. The number of para-hydroxylation sites is 2. The molecular weight excluding hydrogens is 372 g/mol. The molecule has 9 nitrogen and oxygen atoms in total. The number of H-pyrrole nitrogens is 1. The molecule has 29 heavy (non-hydrogen) atoms. The summed E-state index contributed by atoms with van der Waals surface area (Å²) < 4.78 is 1.40. The Morgan fingerprint density at radius 3 is 2.79 bits per heavy atom. The minimum Gasteiger partial charge on any atom is -0.354 e. The van der Waals surface area contributed by atoms with Gasteiger partial charge in [-0.1, -0.05) is 12.1 Å². The lowest BCUT2D eigenvalue weighted by atomic mass is 9.97. The van der Waals surface area contributed by atoms with Gasteiger partial charge in [0.25, 0.3) is 0 Å². The molecule has 0 spiro atoms. The van der Waals surface area contributed by atoms with E-state index in [0.717, 1.165) is 19.4 Å². The van der Waals surface area contributed by atoms with Gasteiger partial charge in [0.05, 0.1) is 17.0 Å². The van der Waals surface area contributed by atoms with Crippen LogP contribution in [-0.2, 0) is 11.3 Å². The van der Waals surface area contributed by atoms with Gasteiger partial charge in [-0.2, -0.15) is 0 Å². The maximum Gasteiger partial charge on any atom is 0.316 e. The zero-order valence-electron chi connectivity index (χ0n) is 15.9. The number of benzene rings is 1. The second kappa shape index (κ2) is 8.26. The van der Waals surface area contributed by atoms with Crippen LogP contribution in [0.2, 0.25) is 0 Å². The number of hydrogen-bond acceptors (Lipinski definition) is 6. The number of aromatic nitrogens is 4. The van der Waals surface area contributed by atoms with Gasteiger partial charge in [-0.3, -0.25) is 14.4 Å². The highest BCUT2D eigenvalue weighted by atomic mass is 16.2. The number of anilines is 1. The maximum atomic E-state index is 12.6. The summed E-state index contributed by atoms with van der Waals surface area (Å²) >= 11 is 0. The molecule has 3 heterocycles. The normalized spacial score (nSPS) is 16.7. The number of carbonyl (C=O) groups excluding carboxylic acids is 1. The molecule has 0 aliphatic carbocycles. The summed E-state index contributed by atoms with van der Waals surface area (Å²) in [5.74, 6) is 0.402. The Labute approximate surface area is 166 Å². The molecule has 0 radical (unpaired) electrons. The second-order valence-electron chi connectivity index (χ2n) is 7.05. The molecule has 2 N–H and O–H groups in total. The summed E-state index contributed by atoms with van der Waals surface area (Å²) in [4.78, 5) is 49.9. The van der Waals surface area contributed by atoms with Gasteiger partial charge in [-0.15, -0.1) is 0 Å². The summed E-state index contributed by atoms with van der Waals surface area (Å²) in [6.45, 7) is 1.88. The van der Waals surface area contributed by atoms with Crippen LogP contribution in [0.4, 0.5) is 5.95 Å². The first kappa shape index (κ1) is 18.9. The van der Waals surface area contributed by atoms with Crippen molar-refractivity contribution in [3.63, 3.8) is 0 Å². The summed E-state index contributed by atoms with van der Waals surface area (Å²) in [7, 11) is 0. The van der Waals surface area contributed by atoms with Crippen LogP contribution >= 0.6 is 0 Å². The molecule has 1 aromatic carbocycles. The van der Waals surface area contributed by atoms with E-state index < -0.39 is 11.1 Å². The number of hydrogen-bond donors (Lipinski definition) is 2. The van der Waals surface area contributed by atoms with Gasteiger partial charge in [0, 0.05) is 38.6 Å². The topological polar surface area (TPSA) is 113 Å². The summed E-state index contributed by atoms with van der Waals surface area (Å²) in [5, 5.41) is 2.91. The molecule has 1 aliphatic rings. The molecule has 1 aliphatic heterocycles. The third-order valence-electron chi connectivity index (χ3n) is 5.14. The van der Waals surface area contributed by atoms with Gasteiger partial charge in [-0.25, -0.2) is 9.97 Å². The Kier molecular flexibility index (Phi) is 5.37. The Balaban J connectivity index is 1.41. The predicted octanol–water partition coefficient (Wildman–Crippen LogP) is 0.513. The number of nitrogens with one attached hydrogen (secondary N) is 2. The van der Waals surface area contributed by atoms with Crippen LogP contribution in [0.5, 0.6) is 0 Å². The van der Waals surface area contributed by atoms with Crippen LogP contribution in [0.1, 0.15) is 12.8 Å². The van der Waals surface area contributed by atoms with E-state index in [1.165, 1.54) is 4.57 Å². The Morgan fingerprint density at radius 2 is 1.97 bits per heavy atom. The van der Waals surface area contributed by atoms with E-state index in [1.54, 1.807) is 42.7 Å². The number of amides is 1. The Bertz CT molecular complexity index is 1120. The summed E-state index contributed by atoms with van der Waals surface area (Å²) in [6.07, 6.45) is 5.06. The second-order valence-corrected chi connectivity index (χ2v) is 7.05. The average Bonchev–Trinajstić information content (AvgIpc) is 2.77. The number of nitrogens with zero attached hydrogens (tertiary/aromatic N) is 4. The molecule has 0 bridgehead atoms. The Morgan fingerprint density at radius 1 is 1.17 bits per heavy atom. The van der Waals surface area contributed by atoms with E-state index in [1.807, 2.05) is 4.90 Å². The van der Waals surface area contributed by atoms with Crippen LogP contribution in [0.3, 0.4) is 0 Å². The molecule has 2 aromatic heterocycles. The van der Waals surface area contributed by atoms with Crippen LogP contribution in [-0.4, -0.2) is 45.1 Å². The Hall–Kier alpha value is -3.49. The van der Waals surface area contributed by atoms with Crippen LogP contribution in [0.15, 0.2) is 52.3 Å². The van der Waals surface area contributed by atoms with Gasteiger partial charge in [0.1, 0.15) is 0 Å². The van der Waals surface area contributed by atoms with Gasteiger partial charge in [-0.05, 0) is 31.0 Å². The molecule has 1 fully saturated rings. The summed E-state index contributed by atoms with van der Waals surface area (Å²) in [6, 6.07) is 8.87. The van der Waals surface area contributed by atoms with E-state index in [-0.39, 0.29) is 24.9 Å². The van der Waals surface area contributed by atoms with Gasteiger partial charge < -0.3 is 19.8 Å². The highest BCUT2D eigenvalue weighted by molar-refractivity contribution is 5.79. The molecule has 1 amide bonds. The highest BCUT2D eigenvalue weighted by Gasteiger charge is 2.26. The SMILES string of the molecule is O=C(NCCn1c(=O)c(=O)[nH]c2ccccc21)[C@H]1CCCN(c2ncccn2)C1. The minimum absolute atomic E-state index is 0.0622. The zero-order valence-corrected chi connectivity index (χ0v) is 15.9. The fourth-order valence-corrected chi connectivity index (χ4v) is 3.71. The molecular formula is C20H22N6O3. The molecule has 9 heteroatoms. The fourth-order valence-electron chi connectivity index (χ4n) is 3.71. The van der Waals surface area contributed by atoms with Crippen molar-refractivity contribution in [2.24, 2.45) is 5.92 Å². The van der Waals surface area contributed by atoms with Crippen molar-refractivity contribution in [2.75, 3.05) is 24.5 Å². The number of aromatic amines is 1. The number of piperidine rings is 1. The predicted molar refractivity (Wildman–Crippen MR) is 109 cm³/mol. The van der Waals surface area contributed by atoms with Crippen molar-refractivity contribution < 1.29 is 4.79 Å². The van der Waals surface area contributed by atoms with Gasteiger partial charge in [0.15, 0.2) is 0 Å². The first-order valence-electron chi connectivity index (χ1n) is 9.65. The largest absolute Gasteiger partial charge is 0.354 e. The number of fused-ring (bicyclic) bond motifs is 1. The zero-order chi connectivity index (χ0) is 20.2. The standard InChI is InChI=1S/C20H22N6O3/c27-17(14-5-3-11-25(13-14)20-22-8-4-9-23-20)21-10-12-26-16-7-2-1-6-15(16)24-18(28)19(26)29/h1-2,4,6-9,14H,3,5,10-13H2,(H,21,27)(H,24,28)/t14-/m0/s1. The average molecular weight is 394 g/mol. The molecule has 0 saturated carbocycles. The molecule has 150 valence electrons. The van der Waals surface area contributed by atoms with Crippen LogP contribution in [0, 0.1) is 5.92 Å². The van der Waals surface area contributed by atoms with Crippen molar-refractivity contribution in [3.05, 3.63) is 63.4 Å². The molecule has 4 rings (SSSR count). The van der Waals surface area contributed by atoms with Crippen molar-refractivity contribution in [1.29, 1.82) is 0 Å². The van der Waals surface area contributed by atoms with Crippen LogP contribution < -0.4 is 21.3 Å². The van der Waals surface area contributed by atoms with Crippen molar-refractivity contribution in [2.45, 2.75) is 19.4 Å². The fraction of sp³-hybridized carbons (Fsp3) is 0.350. The van der Waals surface area contributed by atoms with Gasteiger partial charge in [0.2, 0.25) is 11.9 Å². The minimum atomic E-state index is -0.666. The first-order valence-corrected chi connectivity index (χ1v) is 9.65. The van der Waals surface area contributed by atoms with E-state index in [4.69, 9.17) is 0 Å². The third-order valence-corrected chi connectivity index (χ3v) is 5.14. The van der Waals surface area contributed by atoms with Crippen molar-refractivity contribution in [3.8, 4) is 0 Å². The lowest BCUT2D eigenvalue weighted by Crippen LogP contribution is -2.45. The van der Waals surface area contributed by atoms with E-state index in [9.17, 15) is 14.4 Å². The van der Waals surface area contributed by atoms with E-state index >= 15 is 0 Å². The van der Waals surface area contributed by atoms with E-state index in [0.29, 0.717) is 23.5 Å². The van der Waals surface area contributed by atoms with Crippen LogP contribution in [0.25, 0.3) is 11.0 Å². The molecule has 3 aromatic rings. The maximum absolute atomic E-state index is 12.6. The smallest absolute Gasteiger partial charge is 0.316 e. The van der Waals surface area contributed by atoms with Gasteiger partial charge >= 0.3 is 11.1 Å². The number of rotatable bonds is 5. The van der Waals surface area contributed by atoms with Crippen molar-refractivity contribution >= 4 is 22.9 Å². The lowest BCUT2D eigenvalue weighted by molar-refractivity contribution is -0.125. The first-order chi connectivity index (χ1) is 14.1. The number of carbonyl (C=O) groups is 1. The molecule has 0 unspecified atom stereocenters. The third kappa shape index (κ3) is 4.03.